The van der Waals surface area contributed by atoms with Gasteiger partial charge in [-0.2, -0.15) is 0 Å². The number of nitrogens with zero attached hydrogens (tertiary/aromatic N) is 1. The van der Waals surface area contributed by atoms with Crippen molar-refractivity contribution in [1.82, 2.24) is 0 Å². The number of anilines is 1. The van der Waals surface area contributed by atoms with Gasteiger partial charge in [-0.15, -0.1) is 0 Å². The number of ether oxygens (including phenoxy) is 1. The lowest BCUT2D eigenvalue weighted by molar-refractivity contribution is 0.203. The molecule has 0 fully saturated rings. The van der Waals surface area contributed by atoms with Crippen LogP contribution in [0.1, 0.15) is 32.8 Å². The third kappa shape index (κ3) is 4.93. The van der Waals surface area contributed by atoms with Crippen molar-refractivity contribution in [2.45, 2.75) is 45.7 Å². The number of hydrogen-bond acceptors (Lipinski definition) is 3. The van der Waals surface area contributed by atoms with E-state index in [1.165, 1.54) is 12.1 Å². The molecule has 2 N–H and O–H groups in total. The van der Waals surface area contributed by atoms with Crippen molar-refractivity contribution >= 4 is 5.69 Å². The SMILES string of the molecule is CCC(N)Cc1cc(F)c(N(CCOC)C(C)C)c(F)c1. The minimum atomic E-state index is -0.543. The molecule has 120 valence electrons. The predicted molar refractivity (Wildman–Crippen MR) is 82.7 cm³/mol. The van der Waals surface area contributed by atoms with E-state index in [0.717, 1.165) is 6.42 Å². The van der Waals surface area contributed by atoms with Gasteiger partial charge in [0.05, 0.1) is 6.61 Å². The Bertz CT molecular complexity index is 429. The van der Waals surface area contributed by atoms with Crippen molar-refractivity contribution in [3.05, 3.63) is 29.3 Å². The maximum Gasteiger partial charge on any atom is 0.149 e. The Hall–Kier alpha value is -1.20. The standard InChI is InChI=1S/C16H26F2N2O/c1-5-13(19)8-12-9-14(17)16(15(18)10-12)20(11(2)3)6-7-21-4/h9-11,13H,5-8,19H2,1-4H3. The van der Waals surface area contributed by atoms with Crippen LogP contribution in [0.15, 0.2) is 12.1 Å². The minimum absolute atomic E-state index is 0.0101. The molecule has 1 unspecified atom stereocenters. The van der Waals surface area contributed by atoms with Crippen LogP contribution in [0.2, 0.25) is 0 Å². The van der Waals surface area contributed by atoms with Crippen molar-refractivity contribution in [3.63, 3.8) is 0 Å². The minimum Gasteiger partial charge on any atom is -0.383 e. The van der Waals surface area contributed by atoms with Crippen molar-refractivity contribution in [1.29, 1.82) is 0 Å². The quantitative estimate of drug-likeness (QED) is 0.802. The highest BCUT2D eigenvalue weighted by Crippen LogP contribution is 2.27. The molecular formula is C16H26F2N2O. The van der Waals surface area contributed by atoms with E-state index in [-0.39, 0.29) is 17.8 Å². The van der Waals surface area contributed by atoms with Crippen molar-refractivity contribution in [3.8, 4) is 0 Å². The van der Waals surface area contributed by atoms with Crippen LogP contribution in [0.5, 0.6) is 0 Å². The van der Waals surface area contributed by atoms with Gasteiger partial charge in [-0.1, -0.05) is 6.92 Å². The summed E-state index contributed by atoms with van der Waals surface area (Å²) in [4.78, 5) is 1.68. The summed E-state index contributed by atoms with van der Waals surface area (Å²) >= 11 is 0. The second-order valence-electron chi connectivity index (χ2n) is 5.56. The average molecular weight is 300 g/mol. The molecule has 0 aliphatic rings. The lowest BCUT2D eigenvalue weighted by Gasteiger charge is -2.29. The summed E-state index contributed by atoms with van der Waals surface area (Å²) in [7, 11) is 1.57. The summed E-state index contributed by atoms with van der Waals surface area (Å²) in [6, 6.07) is 2.67. The number of hydrogen-bond donors (Lipinski definition) is 1. The molecule has 3 nitrogen and oxygen atoms in total. The Balaban J connectivity index is 3.06. The number of rotatable bonds is 8. The first kappa shape index (κ1) is 17.9. The first-order valence-corrected chi connectivity index (χ1v) is 7.39. The lowest BCUT2D eigenvalue weighted by atomic mass is 10.0. The predicted octanol–water partition coefficient (Wildman–Crippen LogP) is 3.11. The fraction of sp³-hybridized carbons (Fsp3) is 0.625. The van der Waals surface area contributed by atoms with E-state index in [0.29, 0.717) is 25.1 Å². The van der Waals surface area contributed by atoms with Crippen molar-refractivity contribution in [2.75, 3.05) is 25.2 Å². The third-order valence-corrected chi connectivity index (χ3v) is 3.55. The van der Waals surface area contributed by atoms with E-state index in [9.17, 15) is 8.78 Å². The van der Waals surface area contributed by atoms with E-state index >= 15 is 0 Å². The summed E-state index contributed by atoms with van der Waals surface area (Å²) in [6.45, 7) is 6.61. The highest BCUT2D eigenvalue weighted by molar-refractivity contribution is 5.51. The number of nitrogens with two attached hydrogens (primary N) is 1. The van der Waals surface area contributed by atoms with Crippen molar-refractivity contribution < 1.29 is 13.5 Å². The van der Waals surface area contributed by atoms with Gasteiger partial charge in [0.15, 0.2) is 0 Å². The molecule has 0 radical (unpaired) electrons. The Labute approximate surface area is 126 Å². The molecule has 1 aromatic rings. The summed E-state index contributed by atoms with van der Waals surface area (Å²) in [5, 5.41) is 0. The molecule has 0 bridgehead atoms. The molecule has 1 rings (SSSR count). The van der Waals surface area contributed by atoms with Gasteiger partial charge in [0.1, 0.15) is 17.3 Å². The van der Waals surface area contributed by atoms with Crippen LogP contribution >= 0.6 is 0 Å². The zero-order valence-electron chi connectivity index (χ0n) is 13.3. The largest absolute Gasteiger partial charge is 0.383 e. The fourth-order valence-corrected chi connectivity index (χ4v) is 2.28. The molecule has 5 heteroatoms. The van der Waals surface area contributed by atoms with Crippen molar-refractivity contribution in [2.24, 2.45) is 5.73 Å². The highest BCUT2D eigenvalue weighted by Gasteiger charge is 2.20. The molecule has 1 aromatic carbocycles. The zero-order chi connectivity index (χ0) is 16.0. The Kier molecular flexibility index (Phi) is 7.05. The highest BCUT2D eigenvalue weighted by atomic mass is 19.1. The summed E-state index contributed by atoms with van der Waals surface area (Å²) < 4.78 is 33.7. The summed E-state index contributed by atoms with van der Waals surface area (Å²) in [5.41, 5.74) is 6.45. The molecule has 21 heavy (non-hydrogen) atoms. The molecule has 0 aliphatic carbocycles. The maximum absolute atomic E-state index is 14.3. The smallest absolute Gasteiger partial charge is 0.149 e. The fourth-order valence-electron chi connectivity index (χ4n) is 2.28. The number of halogens is 2. The van der Waals surface area contributed by atoms with Gasteiger partial charge in [-0.05, 0) is 44.4 Å². The number of methoxy groups -OCH3 is 1. The van der Waals surface area contributed by atoms with Gasteiger partial charge in [0.2, 0.25) is 0 Å². The molecule has 0 aliphatic heterocycles. The molecule has 0 amide bonds. The van der Waals surface area contributed by atoms with Crippen LogP contribution in [0.25, 0.3) is 0 Å². The Morgan fingerprint density at radius 1 is 1.24 bits per heavy atom. The average Bonchev–Trinajstić information content (AvgIpc) is 2.41. The van der Waals surface area contributed by atoms with Gasteiger partial charge in [-0.25, -0.2) is 8.78 Å². The monoisotopic (exact) mass is 300 g/mol. The van der Waals surface area contributed by atoms with Gasteiger partial charge in [-0.3, -0.25) is 0 Å². The Morgan fingerprint density at radius 2 is 1.81 bits per heavy atom. The van der Waals surface area contributed by atoms with Crippen LogP contribution in [-0.4, -0.2) is 32.3 Å². The van der Waals surface area contributed by atoms with E-state index < -0.39 is 11.6 Å². The zero-order valence-corrected chi connectivity index (χ0v) is 13.3. The molecule has 0 spiro atoms. The van der Waals surface area contributed by atoms with E-state index in [4.69, 9.17) is 10.5 Å². The van der Waals surface area contributed by atoms with Gasteiger partial charge in [0, 0.05) is 25.7 Å². The molecule has 0 aromatic heterocycles. The molecule has 0 saturated carbocycles. The first-order valence-electron chi connectivity index (χ1n) is 7.39. The van der Waals surface area contributed by atoms with Crippen LogP contribution < -0.4 is 10.6 Å². The second-order valence-corrected chi connectivity index (χ2v) is 5.56. The maximum atomic E-state index is 14.3. The first-order chi connectivity index (χ1) is 9.90. The molecule has 0 saturated heterocycles. The number of benzene rings is 1. The summed E-state index contributed by atoms with van der Waals surface area (Å²) in [6.07, 6.45) is 1.25. The molecule has 1 atom stereocenters. The normalized spacial score (nSPS) is 12.8. The van der Waals surface area contributed by atoms with Crippen LogP contribution in [0.3, 0.4) is 0 Å². The van der Waals surface area contributed by atoms with E-state index in [1.807, 2.05) is 20.8 Å². The topological polar surface area (TPSA) is 38.5 Å². The van der Waals surface area contributed by atoms with E-state index in [2.05, 4.69) is 0 Å². The van der Waals surface area contributed by atoms with E-state index in [1.54, 1.807) is 12.0 Å². The van der Waals surface area contributed by atoms with Crippen LogP contribution in [0, 0.1) is 11.6 Å². The molecule has 0 heterocycles. The van der Waals surface area contributed by atoms with Gasteiger partial charge >= 0.3 is 0 Å². The molecular weight excluding hydrogens is 274 g/mol. The van der Waals surface area contributed by atoms with Crippen LogP contribution in [0.4, 0.5) is 14.5 Å². The van der Waals surface area contributed by atoms with Gasteiger partial charge in [0.25, 0.3) is 0 Å². The second kappa shape index (κ2) is 8.29. The Morgan fingerprint density at radius 3 is 2.24 bits per heavy atom. The van der Waals surface area contributed by atoms with Gasteiger partial charge < -0.3 is 15.4 Å². The summed E-state index contributed by atoms with van der Waals surface area (Å²) in [5.74, 6) is -1.09. The third-order valence-electron chi connectivity index (χ3n) is 3.55. The van der Waals surface area contributed by atoms with Crippen LogP contribution in [-0.2, 0) is 11.2 Å². The lowest BCUT2D eigenvalue weighted by Crippen LogP contribution is -2.35.